The molecule has 2 amide bonds. The Bertz CT molecular complexity index is 1360. The number of halogens is 1. The number of amides is 2. The summed E-state index contributed by atoms with van der Waals surface area (Å²) >= 11 is 6.65. The van der Waals surface area contributed by atoms with E-state index in [-0.39, 0.29) is 16.4 Å². The van der Waals surface area contributed by atoms with Gasteiger partial charge in [0.05, 0.1) is 26.5 Å². The van der Waals surface area contributed by atoms with Crippen LogP contribution in [0.5, 0.6) is 11.5 Å². The minimum Gasteiger partial charge on any atom is -0.450 e. The number of hydrogen-bond donors (Lipinski definition) is 0. The normalized spacial score (nSPS) is 14.5. The summed E-state index contributed by atoms with van der Waals surface area (Å²) in [7, 11) is 0. The fourth-order valence-corrected chi connectivity index (χ4v) is 4.01. The predicted octanol–water partition coefficient (Wildman–Crippen LogP) is 6.19. The SMILES string of the molecule is O=C1S/C(=C/c2ccc(Oc3ccc([N+](=O)[O-])cc3[N+](=O)[O-])cc2)C(=O)N1c1ccc(Cl)cc1. The number of carbonyl (C=O) groups is 2. The zero-order valence-corrected chi connectivity index (χ0v) is 18.5. The molecule has 0 N–H and O–H groups in total. The van der Waals surface area contributed by atoms with Gasteiger partial charge in [-0.3, -0.25) is 29.8 Å². The Morgan fingerprint density at radius 2 is 1.59 bits per heavy atom. The van der Waals surface area contributed by atoms with Gasteiger partial charge in [-0.25, -0.2) is 4.90 Å². The molecule has 12 heteroatoms. The van der Waals surface area contributed by atoms with E-state index >= 15 is 0 Å². The third-order valence-electron chi connectivity index (χ3n) is 4.63. The van der Waals surface area contributed by atoms with Crippen LogP contribution in [0.15, 0.2) is 71.6 Å². The third kappa shape index (κ3) is 4.75. The lowest BCUT2D eigenvalue weighted by atomic mass is 10.2. The molecule has 0 unspecified atom stereocenters. The maximum atomic E-state index is 12.7. The maximum absolute atomic E-state index is 12.7. The van der Waals surface area contributed by atoms with Crippen LogP contribution in [0.1, 0.15) is 5.56 Å². The van der Waals surface area contributed by atoms with Gasteiger partial charge < -0.3 is 4.74 Å². The van der Waals surface area contributed by atoms with Gasteiger partial charge in [0.2, 0.25) is 5.75 Å². The zero-order chi connectivity index (χ0) is 24.4. The molecule has 0 radical (unpaired) electrons. The summed E-state index contributed by atoms with van der Waals surface area (Å²) in [5.74, 6) is -0.394. The van der Waals surface area contributed by atoms with E-state index in [4.69, 9.17) is 16.3 Å². The highest BCUT2D eigenvalue weighted by Crippen LogP contribution is 2.37. The molecule has 0 saturated carbocycles. The van der Waals surface area contributed by atoms with Gasteiger partial charge in [0.15, 0.2) is 0 Å². The van der Waals surface area contributed by atoms with Crippen molar-refractivity contribution in [3.8, 4) is 11.5 Å². The van der Waals surface area contributed by atoms with Gasteiger partial charge in [0.25, 0.3) is 16.8 Å². The molecule has 3 aromatic rings. The second-order valence-corrected chi connectivity index (χ2v) is 8.26. The molecule has 0 spiro atoms. The summed E-state index contributed by atoms with van der Waals surface area (Å²) in [6.07, 6.45) is 1.54. The van der Waals surface area contributed by atoms with Crippen LogP contribution in [-0.2, 0) is 4.79 Å². The molecule has 1 saturated heterocycles. The number of nitrogens with zero attached hydrogens (tertiary/aromatic N) is 3. The number of benzene rings is 3. The number of non-ortho nitro benzene ring substituents is 1. The average Bonchev–Trinajstić information content (AvgIpc) is 3.08. The molecule has 1 fully saturated rings. The summed E-state index contributed by atoms with van der Waals surface area (Å²) < 4.78 is 5.52. The van der Waals surface area contributed by atoms with Crippen LogP contribution in [0.3, 0.4) is 0 Å². The fourth-order valence-electron chi connectivity index (χ4n) is 3.04. The number of ether oxygens (including phenoxy) is 1. The third-order valence-corrected chi connectivity index (χ3v) is 5.76. The lowest BCUT2D eigenvalue weighted by molar-refractivity contribution is -0.394. The highest BCUT2D eigenvalue weighted by molar-refractivity contribution is 8.19. The lowest BCUT2D eigenvalue weighted by Gasteiger charge is -2.12. The van der Waals surface area contributed by atoms with Crippen LogP contribution in [0.25, 0.3) is 6.08 Å². The summed E-state index contributed by atoms with van der Waals surface area (Å²) in [4.78, 5) is 47.0. The fraction of sp³-hybridized carbons (Fsp3) is 0. The maximum Gasteiger partial charge on any atom is 0.318 e. The van der Waals surface area contributed by atoms with E-state index in [9.17, 15) is 29.8 Å². The number of hydrogen-bond acceptors (Lipinski definition) is 8. The van der Waals surface area contributed by atoms with Crippen LogP contribution in [0.4, 0.5) is 21.9 Å². The highest BCUT2D eigenvalue weighted by Gasteiger charge is 2.36. The van der Waals surface area contributed by atoms with Gasteiger partial charge >= 0.3 is 5.69 Å². The number of anilines is 1. The van der Waals surface area contributed by atoms with Crippen LogP contribution in [-0.4, -0.2) is 21.0 Å². The molecular formula is C22H12ClN3O7S. The first-order valence-corrected chi connectivity index (χ1v) is 10.7. The average molecular weight is 498 g/mol. The topological polar surface area (TPSA) is 133 Å². The van der Waals surface area contributed by atoms with Crippen molar-refractivity contribution in [1.29, 1.82) is 0 Å². The molecule has 1 aliphatic heterocycles. The summed E-state index contributed by atoms with van der Waals surface area (Å²) in [5.41, 5.74) is 0.0204. The minimum atomic E-state index is -0.770. The number of carbonyl (C=O) groups excluding carboxylic acids is 2. The largest absolute Gasteiger partial charge is 0.450 e. The highest BCUT2D eigenvalue weighted by atomic mass is 35.5. The number of nitro groups is 2. The summed E-state index contributed by atoms with van der Waals surface area (Å²) in [6, 6.07) is 15.6. The molecule has 0 bridgehead atoms. The van der Waals surface area contributed by atoms with Crippen LogP contribution in [0, 0.1) is 20.2 Å². The Morgan fingerprint density at radius 3 is 2.21 bits per heavy atom. The van der Waals surface area contributed by atoms with Crippen molar-refractivity contribution in [2.24, 2.45) is 0 Å². The monoisotopic (exact) mass is 497 g/mol. The molecule has 3 aromatic carbocycles. The van der Waals surface area contributed by atoms with Crippen LogP contribution < -0.4 is 9.64 Å². The quantitative estimate of drug-likeness (QED) is 0.223. The Labute approximate surface area is 200 Å². The molecule has 10 nitrogen and oxygen atoms in total. The Morgan fingerprint density at radius 1 is 0.912 bits per heavy atom. The Balaban J connectivity index is 1.53. The van der Waals surface area contributed by atoms with E-state index in [0.717, 1.165) is 34.9 Å². The van der Waals surface area contributed by atoms with E-state index in [1.165, 1.54) is 12.1 Å². The standard InChI is InChI=1S/C22H12ClN3O7S/c23-14-3-5-15(6-4-14)24-21(27)20(34-22(24)28)11-13-1-8-17(9-2-13)33-19-10-7-16(25(29)30)12-18(19)26(31)32/h1-12H/b20-11+. The first-order valence-electron chi connectivity index (χ1n) is 9.47. The molecule has 0 aliphatic carbocycles. The van der Waals surface area contributed by atoms with E-state index in [1.807, 2.05) is 0 Å². The molecule has 1 heterocycles. The smallest absolute Gasteiger partial charge is 0.318 e. The van der Waals surface area contributed by atoms with Crippen molar-refractivity contribution in [3.63, 3.8) is 0 Å². The number of nitro benzene ring substituents is 2. The molecule has 4 rings (SSSR count). The van der Waals surface area contributed by atoms with Crippen molar-refractivity contribution in [2.45, 2.75) is 0 Å². The second kappa shape index (κ2) is 9.33. The second-order valence-electron chi connectivity index (χ2n) is 6.83. The first-order chi connectivity index (χ1) is 16.2. The van der Waals surface area contributed by atoms with E-state index in [0.29, 0.717) is 16.3 Å². The first kappa shape index (κ1) is 23.0. The van der Waals surface area contributed by atoms with E-state index < -0.39 is 32.4 Å². The summed E-state index contributed by atoms with van der Waals surface area (Å²) in [6.45, 7) is 0. The van der Waals surface area contributed by atoms with Crippen molar-refractivity contribution in [3.05, 3.63) is 102 Å². The van der Waals surface area contributed by atoms with E-state index in [1.54, 1.807) is 42.5 Å². The zero-order valence-electron chi connectivity index (χ0n) is 16.9. The van der Waals surface area contributed by atoms with Crippen molar-refractivity contribution < 1.29 is 24.2 Å². The Kier molecular flexibility index (Phi) is 6.30. The van der Waals surface area contributed by atoms with Gasteiger partial charge in [-0.2, -0.15) is 0 Å². The van der Waals surface area contributed by atoms with Crippen molar-refractivity contribution in [1.82, 2.24) is 0 Å². The van der Waals surface area contributed by atoms with Gasteiger partial charge in [-0.05, 0) is 65.9 Å². The van der Waals surface area contributed by atoms with Gasteiger partial charge in [-0.15, -0.1) is 0 Å². The minimum absolute atomic E-state index is 0.160. The molecular weight excluding hydrogens is 486 g/mol. The summed E-state index contributed by atoms with van der Waals surface area (Å²) in [5, 5.41) is 22.2. The number of thioether (sulfide) groups is 1. The van der Waals surface area contributed by atoms with Gasteiger partial charge in [0, 0.05) is 11.1 Å². The number of imide groups is 1. The molecule has 170 valence electrons. The van der Waals surface area contributed by atoms with Crippen LogP contribution >= 0.6 is 23.4 Å². The van der Waals surface area contributed by atoms with E-state index in [2.05, 4.69) is 0 Å². The van der Waals surface area contributed by atoms with Gasteiger partial charge in [-0.1, -0.05) is 23.7 Å². The molecule has 34 heavy (non-hydrogen) atoms. The molecule has 0 atom stereocenters. The molecule has 0 aromatic heterocycles. The predicted molar refractivity (Wildman–Crippen MR) is 126 cm³/mol. The number of rotatable bonds is 6. The van der Waals surface area contributed by atoms with Crippen molar-refractivity contribution in [2.75, 3.05) is 4.90 Å². The lowest BCUT2D eigenvalue weighted by Crippen LogP contribution is -2.27. The van der Waals surface area contributed by atoms with Crippen molar-refractivity contribution >= 4 is 57.6 Å². The molecule has 1 aliphatic rings. The van der Waals surface area contributed by atoms with Gasteiger partial charge in [0.1, 0.15) is 5.75 Å². The van der Waals surface area contributed by atoms with Crippen LogP contribution in [0.2, 0.25) is 5.02 Å². The Hall–Kier alpha value is -4.22.